The first kappa shape index (κ1) is 18.8. The summed E-state index contributed by atoms with van der Waals surface area (Å²) in [6.45, 7) is -0.431. The second-order valence-electron chi connectivity index (χ2n) is 5.19. The van der Waals surface area contributed by atoms with Gasteiger partial charge in [0.15, 0.2) is 17.5 Å². The smallest absolute Gasteiger partial charge is 0.232 e. The standard InChI is InChI=1S/C16H15F3N2O3S/c1-25(23,24)21(13-8-7-12(17)15(18)16(13)19)10-9-14(22)20-11-5-3-2-4-6-11/h2-8H,9-10H2,1H3,(H,20,22). The molecule has 0 saturated carbocycles. The summed E-state index contributed by atoms with van der Waals surface area (Å²) in [7, 11) is -4.01. The molecule has 0 atom stereocenters. The van der Waals surface area contributed by atoms with E-state index in [-0.39, 0.29) is 6.42 Å². The molecule has 2 aromatic rings. The molecule has 5 nitrogen and oxygen atoms in total. The van der Waals surface area contributed by atoms with Crippen LogP contribution in [0.25, 0.3) is 0 Å². The van der Waals surface area contributed by atoms with Gasteiger partial charge >= 0.3 is 0 Å². The number of para-hydroxylation sites is 1. The monoisotopic (exact) mass is 372 g/mol. The summed E-state index contributed by atoms with van der Waals surface area (Å²) in [4.78, 5) is 11.9. The number of nitrogens with zero attached hydrogens (tertiary/aromatic N) is 1. The van der Waals surface area contributed by atoms with Crippen molar-refractivity contribution in [1.29, 1.82) is 0 Å². The number of rotatable bonds is 6. The van der Waals surface area contributed by atoms with Crippen LogP contribution in [0.3, 0.4) is 0 Å². The second-order valence-corrected chi connectivity index (χ2v) is 7.10. The largest absolute Gasteiger partial charge is 0.326 e. The fourth-order valence-electron chi connectivity index (χ4n) is 2.12. The molecule has 2 rings (SSSR count). The van der Waals surface area contributed by atoms with Gasteiger partial charge in [0.2, 0.25) is 15.9 Å². The Bertz CT molecular complexity index is 874. The van der Waals surface area contributed by atoms with Gasteiger partial charge in [-0.2, -0.15) is 0 Å². The summed E-state index contributed by atoms with van der Waals surface area (Å²) in [5.41, 5.74) is -0.147. The van der Waals surface area contributed by atoms with Crippen LogP contribution in [0.5, 0.6) is 0 Å². The lowest BCUT2D eigenvalue weighted by atomic mass is 10.2. The summed E-state index contributed by atoms with van der Waals surface area (Å²) >= 11 is 0. The van der Waals surface area contributed by atoms with E-state index in [0.29, 0.717) is 16.1 Å². The van der Waals surface area contributed by atoms with Gasteiger partial charge in [-0.3, -0.25) is 9.10 Å². The zero-order chi connectivity index (χ0) is 18.6. The zero-order valence-corrected chi connectivity index (χ0v) is 14.0. The fraction of sp³-hybridized carbons (Fsp3) is 0.188. The molecule has 0 fully saturated rings. The van der Waals surface area contributed by atoms with Crippen LogP contribution in [0.2, 0.25) is 0 Å². The highest BCUT2D eigenvalue weighted by Gasteiger charge is 2.25. The zero-order valence-electron chi connectivity index (χ0n) is 13.2. The van der Waals surface area contributed by atoms with E-state index >= 15 is 0 Å². The third kappa shape index (κ3) is 4.72. The van der Waals surface area contributed by atoms with Crippen LogP contribution >= 0.6 is 0 Å². The fourth-order valence-corrected chi connectivity index (χ4v) is 3.04. The topological polar surface area (TPSA) is 66.5 Å². The highest BCUT2D eigenvalue weighted by molar-refractivity contribution is 7.92. The third-order valence-corrected chi connectivity index (χ3v) is 4.46. The Kier molecular flexibility index (Phi) is 5.68. The number of hydrogen-bond donors (Lipinski definition) is 1. The van der Waals surface area contributed by atoms with Gasteiger partial charge in [0.1, 0.15) is 0 Å². The minimum Gasteiger partial charge on any atom is -0.326 e. The van der Waals surface area contributed by atoms with Crippen LogP contribution < -0.4 is 9.62 Å². The van der Waals surface area contributed by atoms with Crippen LogP contribution in [0.15, 0.2) is 42.5 Å². The van der Waals surface area contributed by atoms with Crippen molar-refractivity contribution in [2.75, 3.05) is 22.4 Å². The lowest BCUT2D eigenvalue weighted by molar-refractivity contribution is -0.116. The van der Waals surface area contributed by atoms with Crippen LogP contribution in [0, 0.1) is 17.5 Å². The Morgan fingerprint density at radius 3 is 2.28 bits per heavy atom. The van der Waals surface area contributed by atoms with Crippen molar-refractivity contribution in [3.05, 3.63) is 59.9 Å². The van der Waals surface area contributed by atoms with E-state index in [1.165, 1.54) is 0 Å². The Balaban J connectivity index is 2.17. The van der Waals surface area contributed by atoms with Gasteiger partial charge < -0.3 is 5.32 Å². The number of hydrogen-bond acceptors (Lipinski definition) is 3. The van der Waals surface area contributed by atoms with Crippen molar-refractivity contribution in [2.24, 2.45) is 0 Å². The van der Waals surface area contributed by atoms with Crippen LogP contribution in [0.4, 0.5) is 24.5 Å². The third-order valence-electron chi connectivity index (χ3n) is 3.28. The predicted molar refractivity (Wildman–Crippen MR) is 88.2 cm³/mol. The maximum Gasteiger partial charge on any atom is 0.232 e. The molecular formula is C16H15F3N2O3S. The van der Waals surface area contributed by atoms with E-state index in [9.17, 15) is 26.4 Å². The Morgan fingerprint density at radius 2 is 1.68 bits per heavy atom. The molecule has 0 aliphatic heterocycles. The molecule has 0 aliphatic rings. The minimum atomic E-state index is -4.01. The molecule has 0 heterocycles. The number of halogens is 3. The number of sulfonamides is 1. The molecule has 25 heavy (non-hydrogen) atoms. The lowest BCUT2D eigenvalue weighted by Gasteiger charge is -2.22. The van der Waals surface area contributed by atoms with Crippen molar-refractivity contribution in [3.63, 3.8) is 0 Å². The first-order valence-electron chi connectivity index (χ1n) is 7.16. The summed E-state index contributed by atoms with van der Waals surface area (Å²) in [6, 6.07) is 9.87. The van der Waals surface area contributed by atoms with Gasteiger partial charge in [-0.1, -0.05) is 18.2 Å². The predicted octanol–water partition coefficient (Wildman–Crippen LogP) is 2.90. The Hall–Kier alpha value is -2.55. The average Bonchev–Trinajstić information content (AvgIpc) is 2.54. The molecule has 134 valence electrons. The van der Waals surface area contributed by atoms with Gasteiger partial charge in [0, 0.05) is 18.7 Å². The average molecular weight is 372 g/mol. The van der Waals surface area contributed by atoms with Gasteiger partial charge in [-0.25, -0.2) is 21.6 Å². The SMILES string of the molecule is CS(=O)(=O)N(CCC(=O)Nc1ccccc1)c1ccc(F)c(F)c1F. The second kappa shape index (κ2) is 7.56. The van der Waals surface area contributed by atoms with E-state index in [1.54, 1.807) is 30.3 Å². The highest BCUT2D eigenvalue weighted by atomic mass is 32.2. The molecule has 0 unspecified atom stereocenters. The summed E-state index contributed by atoms with van der Waals surface area (Å²) < 4.78 is 64.5. The first-order chi connectivity index (χ1) is 11.7. The molecule has 2 aromatic carbocycles. The minimum absolute atomic E-state index is 0.305. The first-order valence-corrected chi connectivity index (χ1v) is 9.01. The number of carbonyl (C=O) groups is 1. The Morgan fingerprint density at radius 1 is 1.04 bits per heavy atom. The number of anilines is 2. The molecule has 1 N–H and O–H groups in total. The van der Waals surface area contributed by atoms with E-state index in [0.717, 1.165) is 12.3 Å². The lowest BCUT2D eigenvalue weighted by Crippen LogP contribution is -2.34. The molecular weight excluding hydrogens is 357 g/mol. The molecule has 0 bridgehead atoms. The normalized spacial score (nSPS) is 11.2. The van der Waals surface area contributed by atoms with Crippen molar-refractivity contribution in [2.45, 2.75) is 6.42 Å². The van der Waals surface area contributed by atoms with Crippen molar-refractivity contribution in [1.82, 2.24) is 0 Å². The molecule has 0 spiro atoms. The van der Waals surface area contributed by atoms with E-state index < -0.39 is 45.6 Å². The molecule has 0 radical (unpaired) electrons. The summed E-state index contributed by atoms with van der Waals surface area (Å²) in [5.74, 6) is -5.35. The van der Waals surface area contributed by atoms with Gasteiger partial charge in [-0.15, -0.1) is 0 Å². The van der Waals surface area contributed by atoms with Gasteiger partial charge in [-0.05, 0) is 24.3 Å². The molecule has 0 saturated heterocycles. The van der Waals surface area contributed by atoms with E-state index in [4.69, 9.17) is 0 Å². The number of benzene rings is 2. The van der Waals surface area contributed by atoms with Crippen molar-refractivity contribution < 1.29 is 26.4 Å². The van der Waals surface area contributed by atoms with Crippen LogP contribution in [-0.2, 0) is 14.8 Å². The summed E-state index contributed by atoms with van der Waals surface area (Å²) in [6.07, 6.45) is 0.475. The maximum atomic E-state index is 13.9. The van der Waals surface area contributed by atoms with Crippen molar-refractivity contribution in [3.8, 4) is 0 Å². The quantitative estimate of drug-likeness (QED) is 0.793. The molecule has 0 aromatic heterocycles. The number of amides is 1. The molecule has 0 aliphatic carbocycles. The highest BCUT2D eigenvalue weighted by Crippen LogP contribution is 2.25. The van der Waals surface area contributed by atoms with Crippen LogP contribution in [0.1, 0.15) is 6.42 Å². The van der Waals surface area contributed by atoms with Crippen molar-refractivity contribution >= 4 is 27.3 Å². The van der Waals surface area contributed by atoms with Crippen LogP contribution in [-0.4, -0.2) is 27.1 Å². The van der Waals surface area contributed by atoms with Gasteiger partial charge in [0.25, 0.3) is 0 Å². The number of carbonyl (C=O) groups excluding carboxylic acids is 1. The number of nitrogens with one attached hydrogen (secondary N) is 1. The van der Waals surface area contributed by atoms with Gasteiger partial charge in [0.05, 0.1) is 11.9 Å². The van der Waals surface area contributed by atoms with E-state index in [1.807, 2.05) is 0 Å². The Labute approximate surface area is 143 Å². The summed E-state index contributed by atoms with van der Waals surface area (Å²) in [5, 5.41) is 2.55. The molecule has 9 heteroatoms. The molecule has 1 amide bonds. The maximum absolute atomic E-state index is 13.9. The van der Waals surface area contributed by atoms with E-state index in [2.05, 4.69) is 5.32 Å².